The van der Waals surface area contributed by atoms with Crippen molar-refractivity contribution < 1.29 is 0 Å². The molecule has 2 nitrogen and oxygen atoms in total. The second-order valence-corrected chi connectivity index (χ2v) is 7.98. The summed E-state index contributed by atoms with van der Waals surface area (Å²) in [5.74, 6) is 1.87. The number of rotatable bonds is 5. The first-order valence-corrected chi connectivity index (χ1v) is 9.00. The van der Waals surface area contributed by atoms with Crippen LogP contribution in [0, 0.1) is 17.3 Å². The van der Waals surface area contributed by atoms with Crippen LogP contribution in [0.5, 0.6) is 0 Å². The van der Waals surface area contributed by atoms with E-state index in [1.165, 1.54) is 58.2 Å². The Morgan fingerprint density at radius 3 is 2.40 bits per heavy atom. The third-order valence-electron chi connectivity index (χ3n) is 5.84. The van der Waals surface area contributed by atoms with Gasteiger partial charge < -0.3 is 10.2 Å². The van der Waals surface area contributed by atoms with Gasteiger partial charge in [0.2, 0.25) is 0 Å². The molecule has 20 heavy (non-hydrogen) atoms. The monoisotopic (exact) mass is 280 g/mol. The Labute approximate surface area is 126 Å². The maximum absolute atomic E-state index is 3.76. The highest BCUT2D eigenvalue weighted by Gasteiger charge is 2.32. The van der Waals surface area contributed by atoms with Gasteiger partial charge in [0.1, 0.15) is 0 Å². The quantitative estimate of drug-likeness (QED) is 0.821. The van der Waals surface area contributed by atoms with Gasteiger partial charge in [0.25, 0.3) is 0 Å². The maximum Gasteiger partial charge on any atom is 0.0108 e. The molecule has 0 bridgehead atoms. The van der Waals surface area contributed by atoms with E-state index in [4.69, 9.17) is 0 Å². The fourth-order valence-corrected chi connectivity index (χ4v) is 4.14. The molecule has 2 rings (SSSR count). The van der Waals surface area contributed by atoms with Crippen molar-refractivity contribution in [2.45, 2.75) is 72.3 Å². The molecule has 1 aliphatic carbocycles. The van der Waals surface area contributed by atoms with Crippen molar-refractivity contribution in [1.82, 2.24) is 10.2 Å². The smallest absolute Gasteiger partial charge is 0.0108 e. The lowest BCUT2D eigenvalue weighted by Gasteiger charge is -2.42. The number of hydrogen-bond donors (Lipinski definition) is 1. The SMILES string of the molecule is CCNC1CCC(CC)CC1CN1CCC(C)(C)CC1. The van der Waals surface area contributed by atoms with E-state index in [2.05, 4.69) is 37.9 Å². The molecule has 0 aromatic rings. The van der Waals surface area contributed by atoms with Gasteiger partial charge in [-0.3, -0.25) is 0 Å². The normalized spacial score (nSPS) is 35.1. The summed E-state index contributed by atoms with van der Waals surface area (Å²) >= 11 is 0. The molecular weight excluding hydrogens is 244 g/mol. The van der Waals surface area contributed by atoms with E-state index in [1.807, 2.05) is 0 Å². The average molecular weight is 280 g/mol. The van der Waals surface area contributed by atoms with E-state index in [1.54, 1.807) is 0 Å². The van der Waals surface area contributed by atoms with Crippen molar-refractivity contribution in [3.8, 4) is 0 Å². The van der Waals surface area contributed by atoms with Gasteiger partial charge in [-0.15, -0.1) is 0 Å². The predicted octanol–water partition coefficient (Wildman–Crippen LogP) is 3.91. The highest BCUT2D eigenvalue weighted by Crippen LogP contribution is 2.34. The molecule has 2 heteroatoms. The van der Waals surface area contributed by atoms with Crippen LogP contribution in [0.4, 0.5) is 0 Å². The minimum atomic E-state index is 0.579. The Morgan fingerprint density at radius 2 is 1.80 bits per heavy atom. The van der Waals surface area contributed by atoms with Crippen LogP contribution in [0.2, 0.25) is 0 Å². The molecule has 118 valence electrons. The molecule has 2 aliphatic rings. The molecule has 1 heterocycles. The average Bonchev–Trinajstić information content (AvgIpc) is 2.43. The minimum Gasteiger partial charge on any atom is -0.314 e. The Bertz CT molecular complexity index is 277. The van der Waals surface area contributed by atoms with Crippen LogP contribution in [0.15, 0.2) is 0 Å². The van der Waals surface area contributed by atoms with Crippen LogP contribution in [-0.4, -0.2) is 37.1 Å². The summed E-state index contributed by atoms with van der Waals surface area (Å²) in [6.45, 7) is 14.6. The fraction of sp³-hybridized carbons (Fsp3) is 1.00. The lowest BCUT2D eigenvalue weighted by Crippen LogP contribution is -2.48. The molecule has 1 saturated carbocycles. The molecule has 1 aliphatic heterocycles. The predicted molar refractivity (Wildman–Crippen MR) is 88.0 cm³/mol. The van der Waals surface area contributed by atoms with Crippen LogP contribution < -0.4 is 5.32 Å². The van der Waals surface area contributed by atoms with Crippen molar-refractivity contribution in [2.24, 2.45) is 17.3 Å². The van der Waals surface area contributed by atoms with Crippen molar-refractivity contribution in [3.05, 3.63) is 0 Å². The molecule has 3 unspecified atom stereocenters. The van der Waals surface area contributed by atoms with E-state index in [9.17, 15) is 0 Å². The van der Waals surface area contributed by atoms with Crippen molar-refractivity contribution in [3.63, 3.8) is 0 Å². The van der Waals surface area contributed by atoms with Gasteiger partial charge >= 0.3 is 0 Å². The topological polar surface area (TPSA) is 15.3 Å². The zero-order chi connectivity index (χ0) is 14.6. The lowest BCUT2D eigenvalue weighted by atomic mass is 9.76. The maximum atomic E-state index is 3.76. The molecule has 0 radical (unpaired) electrons. The molecule has 0 spiro atoms. The molecule has 0 aromatic carbocycles. The molecule has 0 aromatic heterocycles. The minimum absolute atomic E-state index is 0.579. The van der Waals surface area contributed by atoms with Gasteiger partial charge in [0.15, 0.2) is 0 Å². The Morgan fingerprint density at radius 1 is 1.10 bits per heavy atom. The summed E-state index contributed by atoms with van der Waals surface area (Å²) in [4.78, 5) is 2.75. The fourth-order valence-electron chi connectivity index (χ4n) is 4.14. The second-order valence-electron chi connectivity index (χ2n) is 7.98. The summed E-state index contributed by atoms with van der Waals surface area (Å²) < 4.78 is 0. The number of piperidine rings is 1. The zero-order valence-corrected chi connectivity index (χ0v) is 14.3. The van der Waals surface area contributed by atoms with Gasteiger partial charge in [-0.05, 0) is 69.0 Å². The van der Waals surface area contributed by atoms with E-state index in [0.717, 1.165) is 24.4 Å². The van der Waals surface area contributed by atoms with Crippen LogP contribution in [0.3, 0.4) is 0 Å². The van der Waals surface area contributed by atoms with Gasteiger partial charge in [-0.1, -0.05) is 34.1 Å². The Balaban J connectivity index is 1.87. The van der Waals surface area contributed by atoms with Gasteiger partial charge in [-0.2, -0.15) is 0 Å². The number of nitrogens with zero attached hydrogens (tertiary/aromatic N) is 1. The van der Waals surface area contributed by atoms with Crippen LogP contribution in [-0.2, 0) is 0 Å². The summed E-state index contributed by atoms with van der Waals surface area (Å²) in [5, 5.41) is 3.76. The molecule has 1 saturated heterocycles. The third-order valence-corrected chi connectivity index (χ3v) is 5.84. The largest absolute Gasteiger partial charge is 0.314 e. The third kappa shape index (κ3) is 4.46. The molecule has 1 N–H and O–H groups in total. The van der Waals surface area contributed by atoms with Crippen LogP contribution >= 0.6 is 0 Å². The highest BCUT2D eigenvalue weighted by molar-refractivity contribution is 4.88. The number of nitrogens with one attached hydrogen (secondary N) is 1. The van der Waals surface area contributed by atoms with Crippen molar-refractivity contribution in [1.29, 1.82) is 0 Å². The summed E-state index contributed by atoms with van der Waals surface area (Å²) in [5.41, 5.74) is 0.579. The van der Waals surface area contributed by atoms with Crippen molar-refractivity contribution >= 4 is 0 Å². The summed E-state index contributed by atoms with van der Waals surface area (Å²) in [6, 6.07) is 0.776. The van der Waals surface area contributed by atoms with Crippen LogP contribution in [0.25, 0.3) is 0 Å². The van der Waals surface area contributed by atoms with Crippen LogP contribution in [0.1, 0.15) is 66.2 Å². The Hall–Kier alpha value is -0.0800. The first-order chi connectivity index (χ1) is 9.54. The van der Waals surface area contributed by atoms with Gasteiger partial charge in [0, 0.05) is 12.6 Å². The first kappa shape index (κ1) is 16.3. The molecule has 2 fully saturated rings. The summed E-state index contributed by atoms with van der Waals surface area (Å²) in [7, 11) is 0. The lowest BCUT2D eigenvalue weighted by molar-refractivity contribution is 0.0867. The zero-order valence-electron chi connectivity index (χ0n) is 14.3. The first-order valence-electron chi connectivity index (χ1n) is 9.00. The molecule has 0 amide bonds. The highest BCUT2D eigenvalue weighted by atomic mass is 15.1. The Kier molecular flexibility index (Phi) is 5.92. The molecular formula is C18H36N2. The second kappa shape index (κ2) is 7.26. The van der Waals surface area contributed by atoms with Crippen molar-refractivity contribution in [2.75, 3.05) is 26.2 Å². The van der Waals surface area contributed by atoms with Gasteiger partial charge in [-0.25, -0.2) is 0 Å². The summed E-state index contributed by atoms with van der Waals surface area (Å²) in [6.07, 6.45) is 8.43. The van der Waals surface area contributed by atoms with E-state index < -0.39 is 0 Å². The molecule has 3 atom stereocenters. The van der Waals surface area contributed by atoms with E-state index >= 15 is 0 Å². The van der Waals surface area contributed by atoms with Gasteiger partial charge in [0.05, 0.1) is 0 Å². The standard InChI is InChI=1S/C18H36N2/c1-5-15-7-8-17(19-6-2)16(13-15)14-20-11-9-18(3,4)10-12-20/h15-17,19H,5-14H2,1-4H3. The van der Waals surface area contributed by atoms with E-state index in [0.29, 0.717) is 5.41 Å². The van der Waals surface area contributed by atoms with E-state index in [-0.39, 0.29) is 0 Å². The number of hydrogen-bond acceptors (Lipinski definition) is 2. The number of likely N-dealkylation sites (tertiary alicyclic amines) is 1.